The molecule has 0 radical (unpaired) electrons. The standard InChI is InChI=1S/C20H21NO5/c1-13-12-15(4-7-18(13)20(23)24)21-19(22)14-2-5-16(6-3-14)26-17-8-10-25-11-9-17/h2-7,12,17H,8-11H2,1H3,(H,21,22)(H,23,24). The number of aromatic carboxylic acids is 1. The van der Waals surface area contributed by atoms with Crippen LogP contribution in [0.5, 0.6) is 5.75 Å². The van der Waals surface area contributed by atoms with Gasteiger partial charge in [0.05, 0.1) is 18.8 Å². The minimum Gasteiger partial charge on any atom is -0.490 e. The van der Waals surface area contributed by atoms with Crippen molar-refractivity contribution in [1.82, 2.24) is 0 Å². The summed E-state index contributed by atoms with van der Waals surface area (Å²) in [4.78, 5) is 23.4. The fourth-order valence-electron chi connectivity index (χ4n) is 2.86. The van der Waals surface area contributed by atoms with E-state index in [0.29, 0.717) is 30.0 Å². The summed E-state index contributed by atoms with van der Waals surface area (Å²) in [6.07, 6.45) is 1.89. The fraction of sp³-hybridized carbons (Fsp3) is 0.300. The minimum absolute atomic E-state index is 0.152. The van der Waals surface area contributed by atoms with Crippen molar-refractivity contribution in [3.8, 4) is 5.75 Å². The first-order chi connectivity index (χ1) is 12.5. The second-order valence-electron chi connectivity index (χ2n) is 6.24. The Balaban J connectivity index is 1.62. The van der Waals surface area contributed by atoms with Crippen molar-refractivity contribution >= 4 is 17.6 Å². The zero-order valence-corrected chi connectivity index (χ0v) is 14.5. The van der Waals surface area contributed by atoms with Crippen molar-refractivity contribution in [2.75, 3.05) is 18.5 Å². The molecule has 26 heavy (non-hydrogen) atoms. The summed E-state index contributed by atoms with van der Waals surface area (Å²) in [6, 6.07) is 11.7. The maximum absolute atomic E-state index is 12.4. The van der Waals surface area contributed by atoms with E-state index in [0.717, 1.165) is 18.6 Å². The van der Waals surface area contributed by atoms with Gasteiger partial charge in [-0.2, -0.15) is 0 Å². The largest absolute Gasteiger partial charge is 0.490 e. The van der Waals surface area contributed by atoms with Gasteiger partial charge in [-0.3, -0.25) is 4.79 Å². The molecule has 0 spiro atoms. The van der Waals surface area contributed by atoms with Gasteiger partial charge in [0.1, 0.15) is 11.9 Å². The summed E-state index contributed by atoms with van der Waals surface area (Å²) in [5.74, 6) is -0.513. The number of aryl methyl sites for hydroxylation is 1. The van der Waals surface area contributed by atoms with E-state index >= 15 is 0 Å². The second kappa shape index (κ2) is 8.01. The number of hydrogen-bond donors (Lipinski definition) is 2. The number of anilines is 1. The number of hydrogen-bond acceptors (Lipinski definition) is 4. The van der Waals surface area contributed by atoms with Crippen LogP contribution in [-0.4, -0.2) is 36.3 Å². The normalized spacial score (nSPS) is 14.7. The highest BCUT2D eigenvalue weighted by atomic mass is 16.5. The van der Waals surface area contributed by atoms with Crippen molar-refractivity contribution in [3.05, 3.63) is 59.2 Å². The Labute approximate surface area is 151 Å². The van der Waals surface area contributed by atoms with Crippen LogP contribution < -0.4 is 10.1 Å². The molecule has 0 unspecified atom stereocenters. The monoisotopic (exact) mass is 355 g/mol. The molecule has 0 aliphatic carbocycles. The minimum atomic E-state index is -0.986. The first-order valence-electron chi connectivity index (χ1n) is 8.52. The molecule has 1 fully saturated rings. The third-order valence-corrected chi connectivity index (χ3v) is 4.30. The lowest BCUT2D eigenvalue weighted by molar-refractivity contribution is 0.0255. The highest BCUT2D eigenvalue weighted by Crippen LogP contribution is 2.20. The van der Waals surface area contributed by atoms with E-state index in [9.17, 15) is 9.59 Å². The van der Waals surface area contributed by atoms with Gasteiger partial charge in [0.15, 0.2) is 0 Å². The zero-order chi connectivity index (χ0) is 18.5. The predicted molar refractivity (Wildman–Crippen MR) is 97.0 cm³/mol. The van der Waals surface area contributed by atoms with E-state index in [-0.39, 0.29) is 17.6 Å². The highest BCUT2D eigenvalue weighted by molar-refractivity contribution is 6.04. The molecule has 2 N–H and O–H groups in total. The Morgan fingerprint density at radius 2 is 1.81 bits per heavy atom. The number of benzene rings is 2. The molecule has 136 valence electrons. The lowest BCUT2D eigenvalue weighted by Crippen LogP contribution is -2.25. The fourth-order valence-corrected chi connectivity index (χ4v) is 2.86. The van der Waals surface area contributed by atoms with Crippen LogP contribution in [0, 0.1) is 6.92 Å². The zero-order valence-electron chi connectivity index (χ0n) is 14.5. The van der Waals surface area contributed by atoms with Gasteiger partial charge in [0.25, 0.3) is 5.91 Å². The number of rotatable bonds is 5. The smallest absolute Gasteiger partial charge is 0.335 e. The molecule has 6 nitrogen and oxygen atoms in total. The molecule has 2 aromatic rings. The van der Waals surface area contributed by atoms with Crippen LogP contribution in [0.15, 0.2) is 42.5 Å². The number of carbonyl (C=O) groups excluding carboxylic acids is 1. The van der Waals surface area contributed by atoms with E-state index in [1.807, 2.05) is 0 Å². The Bertz CT molecular complexity index is 794. The Hall–Kier alpha value is -2.86. The summed E-state index contributed by atoms with van der Waals surface area (Å²) in [5, 5.41) is 11.8. The number of ether oxygens (including phenoxy) is 2. The molecular weight excluding hydrogens is 334 g/mol. The van der Waals surface area contributed by atoms with Gasteiger partial charge in [-0.1, -0.05) is 0 Å². The van der Waals surface area contributed by atoms with E-state index < -0.39 is 5.97 Å². The van der Waals surface area contributed by atoms with Gasteiger partial charge in [-0.05, 0) is 55.0 Å². The third kappa shape index (κ3) is 4.40. The summed E-state index contributed by atoms with van der Waals surface area (Å²) >= 11 is 0. The summed E-state index contributed by atoms with van der Waals surface area (Å²) in [5.41, 5.74) is 1.87. The summed E-state index contributed by atoms with van der Waals surface area (Å²) in [7, 11) is 0. The molecule has 6 heteroatoms. The van der Waals surface area contributed by atoms with Gasteiger partial charge >= 0.3 is 5.97 Å². The highest BCUT2D eigenvalue weighted by Gasteiger charge is 2.15. The van der Waals surface area contributed by atoms with Gasteiger partial charge in [0.2, 0.25) is 0 Å². The molecule has 0 saturated carbocycles. The second-order valence-corrected chi connectivity index (χ2v) is 6.24. The van der Waals surface area contributed by atoms with Crippen LogP contribution >= 0.6 is 0 Å². The predicted octanol–water partition coefficient (Wildman–Crippen LogP) is 3.50. The van der Waals surface area contributed by atoms with E-state index in [1.54, 1.807) is 43.3 Å². The molecule has 0 bridgehead atoms. The molecule has 3 rings (SSSR count). The topological polar surface area (TPSA) is 84.9 Å². The first kappa shape index (κ1) is 17.9. The molecule has 0 atom stereocenters. The molecule has 1 aliphatic rings. The Morgan fingerprint density at radius 3 is 2.42 bits per heavy atom. The number of carbonyl (C=O) groups is 2. The van der Waals surface area contributed by atoms with Crippen LogP contribution in [0.25, 0.3) is 0 Å². The number of carboxylic acid groups (broad SMARTS) is 1. The summed E-state index contributed by atoms with van der Waals surface area (Å²) < 4.78 is 11.2. The number of amides is 1. The summed E-state index contributed by atoms with van der Waals surface area (Å²) in [6.45, 7) is 3.12. The van der Waals surface area contributed by atoms with Gasteiger partial charge < -0.3 is 19.9 Å². The van der Waals surface area contributed by atoms with Crippen molar-refractivity contribution in [2.45, 2.75) is 25.9 Å². The maximum atomic E-state index is 12.4. The maximum Gasteiger partial charge on any atom is 0.335 e. The molecule has 1 aliphatic heterocycles. The molecule has 1 saturated heterocycles. The van der Waals surface area contributed by atoms with Crippen molar-refractivity contribution in [2.24, 2.45) is 0 Å². The van der Waals surface area contributed by atoms with Gasteiger partial charge in [0, 0.05) is 24.1 Å². The molecular formula is C20H21NO5. The number of nitrogens with one attached hydrogen (secondary N) is 1. The molecule has 2 aromatic carbocycles. The van der Waals surface area contributed by atoms with E-state index in [1.165, 1.54) is 6.07 Å². The first-order valence-corrected chi connectivity index (χ1v) is 8.52. The van der Waals surface area contributed by atoms with Crippen LogP contribution in [0.1, 0.15) is 39.1 Å². The van der Waals surface area contributed by atoms with Crippen molar-refractivity contribution in [3.63, 3.8) is 0 Å². The van der Waals surface area contributed by atoms with E-state index in [4.69, 9.17) is 14.6 Å². The van der Waals surface area contributed by atoms with Gasteiger partial charge in [-0.15, -0.1) is 0 Å². The van der Waals surface area contributed by atoms with Gasteiger partial charge in [-0.25, -0.2) is 4.79 Å². The molecule has 0 aromatic heterocycles. The molecule has 1 heterocycles. The van der Waals surface area contributed by atoms with Crippen molar-refractivity contribution in [1.29, 1.82) is 0 Å². The van der Waals surface area contributed by atoms with Crippen LogP contribution in [0.3, 0.4) is 0 Å². The number of carboxylic acids is 1. The van der Waals surface area contributed by atoms with Crippen LogP contribution in [-0.2, 0) is 4.74 Å². The third-order valence-electron chi connectivity index (χ3n) is 4.30. The van der Waals surface area contributed by atoms with E-state index in [2.05, 4.69) is 5.32 Å². The average molecular weight is 355 g/mol. The lowest BCUT2D eigenvalue weighted by atomic mass is 10.1. The van der Waals surface area contributed by atoms with Crippen LogP contribution in [0.2, 0.25) is 0 Å². The van der Waals surface area contributed by atoms with Crippen molar-refractivity contribution < 1.29 is 24.2 Å². The Morgan fingerprint density at radius 1 is 1.12 bits per heavy atom. The molecule has 1 amide bonds. The quantitative estimate of drug-likeness (QED) is 0.857. The SMILES string of the molecule is Cc1cc(NC(=O)c2ccc(OC3CCOCC3)cc2)ccc1C(=O)O. The average Bonchev–Trinajstić information content (AvgIpc) is 2.63. The Kier molecular flexibility index (Phi) is 5.53. The lowest BCUT2D eigenvalue weighted by Gasteiger charge is -2.23. The van der Waals surface area contributed by atoms with Crippen LogP contribution in [0.4, 0.5) is 5.69 Å².